The number of hydrogen-bond donors (Lipinski definition) is 1. The van der Waals surface area contributed by atoms with E-state index in [1.165, 1.54) is 64.2 Å². The molecule has 0 aliphatic heterocycles. The number of methoxy groups -OCH3 is 1. The van der Waals surface area contributed by atoms with Gasteiger partial charge in [0.15, 0.2) is 0 Å². The van der Waals surface area contributed by atoms with Gasteiger partial charge in [-0.2, -0.15) is 0 Å². The molecular weight excluding hydrogens is 250 g/mol. The van der Waals surface area contributed by atoms with Crippen molar-refractivity contribution in [2.45, 2.75) is 76.3 Å². The largest absolute Gasteiger partial charge is 0.382 e. The molecule has 0 bridgehead atoms. The van der Waals surface area contributed by atoms with Crippen LogP contribution in [0.25, 0.3) is 0 Å². The Bertz CT molecular complexity index is 231. The van der Waals surface area contributed by atoms with Gasteiger partial charge >= 0.3 is 0 Å². The third kappa shape index (κ3) is 6.11. The summed E-state index contributed by atoms with van der Waals surface area (Å²) < 4.78 is 10.7. The van der Waals surface area contributed by atoms with Crippen LogP contribution in [0.1, 0.15) is 64.2 Å². The van der Waals surface area contributed by atoms with Gasteiger partial charge in [-0.25, -0.2) is 0 Å². The van der Waals surface area contributed by atoms with Crippen molar-refractivity contribution in [1.29, 1.82) is 0 Å². The number of ether oxygens (including phenoxy) is 2. The van der Waals surface area contributed by atoms with Gasteiger partial charge in [-0.3, -0.25) is 0 Å². The first kappa shape index (κ1) is 16.3. The molecule has 0 amide bonds. The molecule has 2 fully saturated rings. The second-order valence-electron chi connectivity index (χ2n) is 6.64. The molecule has 118 valence electrons. The van der Waals surface area contributed by atoms with Crippen LogP contribution in [0.4, 0.5) is 0 Å². The number of hydrogen-bond acceptors (Lipinski definition) is 3. The smallest absolute Gasteiger partial charge is 0.0700 e. The molecule has 3 nitrogen and oxygen atoms in total. The molecule has 0 spiro atoms. The molecule has 0 aromatic carbocycles. The molecule has 0 radical (unpaired) electrons. The van der Waals surface area contributed by atoms with Crippen molar-refractivity contribution >= 4 is 0 Å². The highest BCUT2D eigenvalue weighted by Crippen LogP contribution is 2.26. The zero-order chi connectivity index (χ0) is 14.0. The number of rotatable bonds is 7. The Kier molecular flexibility index (Phi) is 7.92. The maximum absolute atomic E-state index is 5.67. The Hall–Kier alpha value is -0.120. The third-order valence-corrected chi connectivity index (χ3v) is 4.96. The monoisotopic (exact) mass is 283 g/mol. The summed E-state index contributed by atoms with van der Waals surface area (Å²) in [5.41, 5.74) is 0. The highest BCUT2D eigenvalue weighted by atomic mass is 16.5. The topological polar surface area (TPSA) is 30.5 Å². The Morgan fingerprint density at radius 3 is 2.10 bits per heavy atom. The lowest BCUT2D eigenvalue weighted by Crippen LogP contribution is -2.40. The summed E-state index contributed by atoms with van der Waals surface area (Å²) in [6.45, 7) is 2.40. The second kappa shape index (κ2) is 9.75. The van der Waals surface area contributed by atoms with Crippen molar-refractivity contribution in [1.82, 2.24) is 5.32 Å². The lowest BCUT2D eigenvalue weighted by Gasteiger charge is -2.32. The van der Waals surface area contributed by atoms with Crippen molar-refractivity contribution in [3.8, 4) is 0 Å². The van der Waals surface area contributed by atoms with E-state index < -0.39 is 0 Å². The Morgan fingerprint density at radius 1 is 0.800 bits per heavy atom. The van der Waals surface area contributed by atoms with E-state index in [1.54, 1.807) is 7.11 Å². The fourth-order valence-corrected chi connectivity index (χ4v) is 3.67. The Morgan fingerprint density at radius 2 is 1.45 bits per heavy atom. The van der Waals surface area contributed by atoms with E-state index in [-0.39, 0.29) is 0 Å². The molecule has 0 aromatic rings. The summed E-state index contributed by atoms with van der Waals surface area (Å²) in [6, 6.07) is 1.57. The Balaban J connectivity index is 1.56. The van der Waals surface area contributed by atoms with Crippen LogP contribution in [0, 0.1) is 5.92 Å². The predicted molar refractivity (Wildman–Crippen MR) is 83.1 cm³/mol. The first-order valence-corrected chi connectivity index (χ1v) is 8.71. The summed E-state index contributed by atoms with van der Waals surface area (Å²) in [7, 11) is 1.73. The summed E-state index contributed by atoms with van der Waals surface area (Å²) >= 11 is 0. The van der Waals surface area contributed by atoms with Gasteiger partial charge in [0, 0.05) is 25.8 Å². The van der Waals surface area contributed by atoms with E-state index in [4.69, 9.17) is 9.47 Å². The van der Waals surface area contributed by atoms with Crippen LogP contribution >= 0.6 is 0 Å². The minimum absolute atomic E-state index is 0.721. The van der Waals surface area contributed by atoms with Crippen LogP contribution in [0.15, 0.2) is 0 Å². The quantitative estimate of drug-likeness (QED) is 0.573. The fourth-order valence-electron chi connectivity index (χ4n) is 3.67. The molecule has 0 aromatic heterocycles. The van der Waals surface area contributed by atoms with Gasteiger partial charge in [-0.15, -0.1) is 0 Å². The van der Waals surface area contributed by atoms with Crippen molar-refractivity contribution in [2.24, 2.45) is 5.92 Å². The minimum Gasteiger partial charge on any atom is -0.382 e. The van der Waals surface area contributed by atoms with E-state index in [0.29, 0.717) is 0 Å². The lowest BCUT2D eigenvalue weighted by molar-refractivity contribution is 0.0412. The van der Waals surface area contributed by atoms with Gasteiger partial charge in [0.25, 0.3) is 0 Å². The van der Waals surface area contributed by atoms with E-state index >= 15 is 0 Å². The molecule has 3 heteroatoms. The molecule has 2 aliphatic carbocycles. The molecule has 0 atom stereocenters. The molecular formula is C17H33NO2. The molecule has 2 rings (SSSR count). The first-order valence-electron chi connectivity index (χ1n) is 8.71. The SMILES string of the molecule is COCCOCC1CCC(NC2CCCCCC2)CC1. The van der Waals surface area contributed by atoms with Crippen molar-refractivity contribution in [3.05, 3.63) is 0 Å². The van der Waals surface area contributed by atoms with Crippen molar-refractivity contribution in [3.63, 3.8) is 0 Å². The summed E-state index contributed by atoms with van der Waals surface area (Å²) in [4.78, 5) is 0. The number of nitrogens with one attached hydrogen (secondary N) is 1. The zero-order valence-corrected chi connectivity index (χ0v) is 13.2. The van der Waals surface area contributed by atoms with Crippen LogP contribution in [-0.4, -0.2) is 39.0 Å². The standard InChI is InChI=1S/C17H33NO2/c1-19-12-13-20-14-15-8-10-17(11-9-15)18-16-6-4-2-3-5-7-16/h15-18H,2-14H2,1H3. The average molecular weight is 283 g/mol. The van der Waals surface area contributed by atoms with Crippen LogP contribution < -0.4 is 5.32 Å². The molecule has 2 saturated carbocycles. The van der Waals surface area contributed by atoms with Gasteiger partial charge in [0.05, 0.1) is 13.2 Å². The maximum atomic E-state index is 5.67. The van der Waals surface area contributed by atoms with Crippen LogP contribution in [0.5, 0.6) is 0 Å². The first-order chi connectivity index (χ1) is 9.88. The second-order valence-corrected chi connectivity index (χ2v) is 6.64. The van der Waals surface area contributed by atoms with E-state index in [1.807, 2.05) is 0 Å². The van der Waals surface area contributed by atoms with Gasteiger partial charge in [-0.1, -0.05) is 25.7 Å². The van der Waals surface area contributed by atoms with E-state index in [2.05, 4.69) is 5.32 Å². The van der Waals surface area contributed by atoms with Gasteiger partial charge in [0.2, 0.25) is 0 Å². The highest BCUT2D eigenvalue weighted by Gasteiger charge is 2.23. The van der Waals surface area contributed by atoms with E-state index in [0.717, 1.165) is 37.8 Å². The van der Waals surface area contributed by atoms with Gasteiger partial charge in [0.1, 0.15) is 0 Å². The zero-order valence-electron chi connectivity index (χ0n) is 13.2. The predicted octanol–water partition coefficient (Wildman–Crippen LogP) is 3.52. The minimum atomic E-state index is 0.721. The van der Waals surface area contributed by atoms with Gasteiger partial charge < -0.3 is 14.8 Å². The van der Waals surface area contributed by atoms with Crippen LogP contribution in [-0.2, 0) is 9.47 Å². The molecule has 0 heterocycles. The molecule has 1 N–H and O–H groups in total. The van der Waals surface area contributed by atoms with Crippen LogP contribution in [0.3, 0.4) is 0 Å². The molecule has 20 heavy (non-hydrogen) atoms. The van der Waals surface area contributed by atoms with Crippen LogP contribution in [0.2, 0.25) is 0 Å². The average Bonchev–Trinajstić information content (AvgIpc) is 2.74. The third-order valence-electron chi connectivity index (χ3n) is 4.96. The summed E-state index contributed by atoms with van der Waals surface area (Å²) in [5.74, 6) is 0.777. The molecule has 2 aliphatic rings. The summed E-state index contributed by atoms with van der Waals surface area (Å²) in [6.07, 6.45) is 13.9. The van der Waals surface area contributed by atoms with Crippen molar-refractivity contribution in [2.75, 3.05) is 26.9 Å². The fraction of sp³-hybridized carbons (Fsp3) is 1.00. The normalized spacial score (nSPS) is 29.2. The molecule has 0 saturated heterocycles. The lowest BCUT2D eigenvalue weighted by atomic mass is 9.86. The highest BCUT2D eigenvalue weighted by molar-refractivity contribution is 4.81. The van der Waals surface area contributed by atoms with Gasteiger partial charge in [-0.05, 0) is 44.4 Å². The van der Waals surface area contributed by atoms with Crippen molar-refractivity contribution < 1.29 is 9.47 Å². The van der Waals surface area contributed by atoms with E-state index in [9.17, 15) is 0 Å². The maximum Gasteiger partial charge on any atom is 0.0700 e. The summed E-state index contributed by atoms with van der Waals surface area (Å²) in [5, 5.41) is 3.93. The Labute approximate surface area is 124 Å². The molecule has 0 unspecified atom stereocenters.